The molecule has 2 aromatic carbocycles. The summed E-state index contributed by atoms with van der Waals surface area (Å²) in [7, 11) is 0. The molecule has 8 heteroatoms. The monoisotopic (exact) mass is 403 g/mol. The van der Waals surface area contributed by atoms with Crippen LogP contribution in [0.4, 0.5) is 10.1 Å². The number of ether oxygens (including phenoxy) is 1. The van der Waals surface area contributed by atoms with Gasteiger partial charge in [-0.15, -0.1) is 0 Å². The molecule has 0 saturated carbocycles. The van der Waals surface area contributed by atoms with Crippen LogP contribution in [0.25, 0.3) is 5.82 Å². The van der Waals surface area contributed by atoms with Crippen molar-refractivity contribution in [2.45, 2.75) is 13.3 Å². The van der Waals surface area contributed by atoms with Crippen molar-refractivity contribution in [1.82, 2.24) is 19.7 Å². The Labute approximate surface area is 172 Å². The second-order valence-corrected chi connectivity index (χ2v) is 6.54. The number of aryl methyl sites for hydroxylation is 1. The number of carbonyl (C=O) groups excluding carboxylic acids is 1. The fraction of sp³-hybridized carbons (Fsp3) is 0.0909. The van der Waals surface area contributed by atoms with E-state index in [-0.39, 0.29) is 18.1 Å². The van der Waals surface area contributed by atoms with E-state index in [1.807, 2.05) is 0 Å². The molecule has 0 fully saturated rings. The van der Waals surface area contributed by atoms with Crippen LogP contribution in [0.5, 0.6) is 11.6 Å². The molecule has 0 aliphatic rings. The lowest BCUT2D eigenvalue weighted by Crippen LogP contribution is -2.14. The van der Waals surface area contributed by atoms with E-state index in [1.165, 1.54) is 12.1 Å². The van der Waals surface area contributed by atoms with Gasteiger partial charge in [0.2, 0.25) is 11.8 Å². The normalized spacial score (nSPS) is 10.6. The number of halogens is 1. The van der Waals surface area contributed by atoms with Crippen molar-refractivity contribution >= 4 is 11.6 Å². The summed E-state index contributed by atoms with van der Waals surface area (Å²) in [5, 5.41) is 6.97. The predicted octanol–water partition coefficient (Wildman–Crippen LogP) is 4.08. The van der Waals surface area contributed by atoms with Crippen molar-refractivity contribution in [2.24, 2.45) is 0 Å². The molecule has 2 aromatic heterocycles. The number of hydrogen-bond acceptors (Lipinski definition) is 5. The van der Waals surface area contributed by atoms with Crippen LogP contribution in [0.2, 0.25) is 0 Å². The highest BCUT2D eigenvalue weighted by Crippen LogP contribution is 2.23. The zero-order valence-corrected chi connectivity index (χ0v) is 16.1. The minimum atomic E-state index is -0.328. The van der Waals surface area contributed by atoms with E-state index >= 15 is 0 Å². The summed E-state index contributed by atoms with van der Waals surface area (Å²) in [6.07, 6.45) is 3.62. The number of anilines is 1. The van der Waals surface area contributed by atoms with Crippen molar-refractivity contribution in [3.63, 3.8) is 0 Å². The largest absolute Gasteiger partial charge is 0.439 e. The maximum absolute atomic E-state index is 13.0. The molecule has 1 amide bonds. The number of carbonyl (C=O) groups is 1. The summed E-state index contributed by atoms with van der Waals surface area (Å²) in [6.45, 7) is 1.78. The van der Waals surface area contributed by atoms with Gasteiger partial charge in [-0.25, -0.2) is 14.1 Å². The molecule has 0 aliphatic carbocycles. The van der Waals surface area contributed by atoms with Crippen molar-refractivity contribution in [1.29, 1.82) is 0 Å². The molecule has 30 heavy (non-hydrogen) atoms. The number of rotatable bonds is 6. The molecule has 0 aliphatic heterocycles. The Morgan fingerprint density at radius 2 is 1.87 bits per heavy atom. The van der Waals surface area contributed by atoms with Gasteiger partial charge in [0.05, 0.1) is 6.42 Å². The topological polar surface area (TPSA) is 81.9 Å². The zero-order valence-electron chi connectivity index (χ0n) is 16.1. The second kappa shape index (κ2) is 8.52. The van der Waals surface area contributed by atoms with Gasteiger partial charge in [-0.2, -0.15) is 10.1 Å². The third-order valence-electron chi connectivity index (χ3n) is 4.18. The standard InChI is InChI=1S/C22H18FN5O2/c1-15-25-20(28-12-2-11-24-28)14-22(26-15)30-19-9-7-18(8-10-19)27-21(29)13-16-3-5-17(23)6-4-16/h2-12,14H,13H2,1H3,(H,27,29). The lowest BCUT2D eigenvalue weighted by molar-refractivity contribution is -0.115. The average molecular weight is 403 g/mol. The molecular formula is C22H18FN5O2. The summed E-state index contributed by atoms with van der Waals surface area (Å²) in [5.74, 6) is 1.60. The summed E-state index contributed by atoms with van der Waals surface area (Å²) < 4.78 is 20.4. The maximum Gasteiger partial charge on any atom is 0.228 e. The smallest absolute Gasteiger partial charge is 0.228 e. The van der Waals surface area contributed by atoms with Gasteiger partial charge >= 0.3 is 0 Å². The number of hydrogen-bond donors (Lipinski definition) is 1. The minimum Gasteiger partial charge on any atom is -0.439 e. The summed E-state index contributed by atoms with van der Waals surface area (Å²) in [4.78, 5) is 20.8. The summed E-state index contributed by atoms with van der Waals surface area (Å²) in [6, 6.07) is 16.3. The first-order valence-electron chi connectivity index (χ1n) is 9.23. The summed E-state index contributed by atoms with van der Waals surface area (Å²) in [5.41, 5.74) is 1.37. The molecule has 4 aromatic rings. The number of nitrogens with one attached hydrogen (secondary N) is 1. The van der Waals surface area contributed by atoms with E-state index in [9.17, 15) is 9.18 Å². The Morgan fingerprint density at radius 3 is 2.57 bits per heavy atom. The van der Waals surface area contributed by atoms with Crippen LogP contribution in [0, 0.1) is 12.7 Å². The average Bonchev–Trinajstić information content (AvgIpc) is 3.26. The van der Waals surface area contributed by atoms with Gasteiger partial charge in [-0.1, -0.05) is 12.1 Å². The molecule has 0 atom stereocenters. The molecule has 0 spiro atoms. The van der Waals surface area contributed by atoms with Crippen LogP contribution in [-0.4, -0.2) is 25.7 Å². The fourth-order valence-corrected chi connectivity index (χ4v) is 2.82. The molecule has 1 N–H and O–H groups in total. The highest BCUT2D eigenvalue weighted by atomic mass is 19.1. The van der Waals surface area contributed by atoms with E-state index in [4.69, 9.17) is 4.74 Å². The van der Waals surface area contributed by atoms with E-state index in [2.05, 4.69) is 20.4 Å². The van der Waals surface area contributed by atoms with Gasteiger partial charge in [-0.3, -0.25) is 4.79 Å². The molecule has 0 radical (unpaired) electrons. The fourth-order valence-electron chi connectivity index (χ4n) is 2.82. The van der Waals surface area contributed by atoms with Gasteiger partial charge in [0, 0.05) is 24.1 Å². The van der Waals surface area contributed by atoms with E-state index in [0.717, 1.165) is 5.56 Å². The molecule has 0 bridgehead atoms. The predicted molar refractivity (Wildman–Crippen MR) is 109 cm³/mol. The van der Waals surface area contributed by atoms with Crippen LogP contribution in [0.1, 0.15) is 11.4 Å². The Morgan fingerprint density at radius 1 is 1.10 bits per heavy atom. The van der Waals surface area contributed by atoms with Crippen LogP contribution in [-0.2, 0) is 11.2 Å². The van der Waals surface area contributed by atoms with E-state index in [1.54, 1.807) is 72.5 Å². The van der Waals surface area contributed by atoms with Crippen LogP contribution >= 0.6 is 0 Å². The van der Waals surface area contributed by atoms with Crippen molar-refractivity contribution in [2.75, 3.05) is 5.32 Å². The molecule has 0 unspecified atom stereocenters. The first-order chi connectivity index (χ1) is 14.5. The van der Waals surface area contributed by atoms with Gasteiger partial charge in [0.1, 0.15) is 17.4 Å². The number of nitrogens with zero attached hydrogens (tertiary/aromatic N) is 4. The van der Waals surface area contributed by atoms with Gasteiger partial charge < -0.3 is 10.1 Å². The lowest BCUT2D eigenvalue weighted by atomic mass is 10.1. The molecule has 7 nitrogen and oxygen atoms in total. The molecular weight excluding hydrogens is 385 g/mol. The number of aromatic nitrogens is 4. The number of benzene rings is 2. The van der Waals surface area contributed by atoms with Gasteiger partial charge in [0.25, 0.3) is 0 Å². The van der Waals surface area contributed by atoms with Crippen LogP contribution < -0.4 is 10.1 Å². The summed E-state index contributed by atoms with van der Waals surface area (Å²) >= 11 is 0. The Hall–Kier alpha value is -4.07. The van der Waals surface area contributed by atoms with Gasteiger partial charge in [-0.05, 0) is 55.0 Å². The highest BCUT2D eigenvalue weighted by molar-refractivity contribution is 5.92. The molecule has 4 rings (SSSR count). The van der Waals surface area contributed by atoms with Crippen LogP contribution in [0.3, 0.4) is 0 Å². The van der Waals surface area contributed by atoms with Gasteiger partial charge in [0.15, 0.2) is 5.82 Å². The first kappa shape index (κ1) is 19.3. The Bertz CT molecular complexity index is 1140. The quantitative estimate of drug-likeness (QED) is 0.525. The SMILES string of the molecule is Cc1nc(Oc2ccc(NC(=O)Cc3ccc(F)cc3)cc2)cc(-n2cccn2)n1. The van der Waals surface area contributed by atoms with Crippen LogP contribution in [0.15, 0.2) is 73.1 Å². The minimum absolute atomic E-state index is 0.162. The third kappa shape index (κ3) is 4.85. The first-order valence-corrected chi connectivity index (χ1v) is 9.23. The highest BCUT2D eigenvalue weighted by Gasteiger charge is 2.08. The zero-order chi connectivity index (χ0) is 20.9. The lowest BCUT2D eigenvalue weighted by Gasteiger charge is -2.09. The van der Waals surface area contributed by atoms with Crippen molar-refractivity contribution in [3.05, 3.63) is 90.3 Å². The van der Waals surface area contributed by atoms with E-state index < -0.39 is 0 Å². The van der Waals surface area contributed by atoms with Crippen molar-refractivity contribution in [3.8, 4) is 17.4 Å². The van der Waals surface area contributed by atoms with E-state index in [0.29, 0.717) is 29.0 Å². The van der Waals surface area contributed by atoms with Crippen molar-refractivity contribution < 1.29 is 13.9 Å². The molecule has 0 saturated heterocycles. The third-order valence-corrected chi connectivity index (χ3v) is 4.18. The second-order valence-electron chi connectivity index (χ2n) is 6.54. The molecule has 150 valence electrons. The Balaban J connectivity index is 1.40. The maximum atomic E-state index is 13.0. The Kier molecular flexibility index (Phi) is 5.47. The molecule has 2 heterocycles. The number of amides is 1.